The molecule has 0 fully saturated rings. The second-order valence-electron chi connectivity index (χ2n) is 5.37. The number of carbonyl (C=O) groups is 2. The number of ether oxygens (including phenoxy) is 2. The SMILES string of the molecule is Cc1ccccc1NC(=O)COC(=O)[C@H](C)Oc1ccc(C#N)cc1. The van der Waals surface area contributed by atoms with Crippen molar-refractivity contribution in [2.45, 2.75) is 20.0 Å². The Labute approximate surface area is 146 Å². The molecule has 0 saturated heterocycles. The molecule has 0 aliphatic carbocycles. The third-order valence-corrected chi connectivity index (χ3v) is 3.39. The first-order chi connectivity index (χ1) is 12.0. The van der Waals surface area contributed by atoms with Crippen molar-refractivity contribution in [3.8, 4) is 11.8 Å². The minimum absolute atomic E-state index is 0.395. The number of hydrogen-bond donors (Lipinski definition) is 1. The molecule has 0 unspecified atom stereocenters. The number of nitrogens with zero attached hydrogens (tertiary/aromatic N) is 1. The van der Waals surface area contributed by atoms with Gasteiger partial charge in [-0.25, -0.2) is 4.79 Å². The molecule has 0 heterocycles. The summed E-state index contributed by atoms with van der Waals surface area (Å²) in [4.78, 5) is 23.8. The Bertz CT molecular complexity index is 794. The molecule has 0 saturated carbocycles. The molecule has 128 valence electrons. The molecule has 25 heavy (non-hydrogen) atoms. The molecule has 1 amide bonds. The van der Waals surface area contributed by atoms with E-state index in [9.17, 15) is 9.59 Å². The van der Waals surface area contributed by atoms with Gasteiger partial charge in [-0.1, -0.05) is 18.2 Å². The van der Waals surface area contributed by atoms with Gasteiger partial charge in [0.2, 0.25) is 0 Å². The fourth-order valence-corrected chi connectivity index (χ4v) is 2.01. The standard InChI is InChI=1S/C19H18N2O4/c1-13-5-3-4-6-17(13)21-18(22)12-24-19(23)14(2)25-16-9-7-15(11-20)8-10-16/h3-10,14H,12H2,1-2H3,(H,21,22)/t14-/m0/s1. The van der Waals surface area contributed by atoms with Gasteiger partial charge in [0.25, 0.3) is 5.91 Å². The predicted octanol–water partition coefficient (Wildman–Crippen LogP) is 2.82. The monoisotopic (exact) mass is 338 g/mol. The Kier molecular flexibility index (Phi) is 6.13. The quantitative estimate of drug-likeness (QED) is 0.818. The number of hydrogen-bond acceptors (Lipinski definition) is 5. The molecule has 2 aromatic carbocycles. The lowest BCUT2D eigenvalue weighted by Gasteiger charge is -2.14. The van der Waals surface area contributed by atoms with Crippen LogP contribution in [-0.2, 0) is 14.3 Å². The zero-order valence-electron chi connectivity index (χ0n) is 14.0. The molecule has 1 atom stereocenters. The molecule has 1 N–H and O–H groups in total. The summed E-state index contributed by atoms with van der Waals surface area (Å²) in [6.45, 7) is 3.00. The molecule has 0 radical (unpaired) electrons. The van der Waals surface area contributed by atoms with E-state index in [-0.39, 0.29) is 0 Å². The van der Waals surface area contributed by atoms with Crippen molar-refractivity contribution in [3.63, 3.8) is 0 Å². The Morgan fingerprint density at radius 3 is 2.48 bits per heavy atom. The summed E-state index contributed by atoms with van der Waals surface area (Å²) >= 11 is 0. The average molecular weight is 338 g/mol. The smallest absolute Gasteiger partial charge is 0.347 e. The first-order valence-corrected chi connectivity index (χ1v) is 7.68. The molecule has 6 heteroatoms. The Balaban J connectivity index is 1.81. The topological polar surface area (TPSA) is 88.4 Å². The number of carbonyl (C=O) groups excluding carboxylic acids is 2. The maximum Gasteiger partial charge on any atom is 0.347 e. The van der Waals surface area contributed by atoms with Crippen LogP contribution in [0, 0.1) is 18.3 Å². The van der Waals surface area contributed by atoms with Gasteiger partial charge in [0.05, 0.1) is 11.6 Å². The zero-order valence-corrected chi connectivity index (χ0v) is 14.0. The number of rotatable bonds is 6. The number of nitrogens with one attached hydrogen (secondary N) is 1. The Hall–Kier alpha value is -3.33. The molecule has 2 rings (SSSR count). The summed E-state index contributed by atoms with van der Waals surface area (Å²) in [5.41, 5.74) is 2.08. The van der Waals surface area contributed by atoms with Gasteiger partial charge < -0.3 is 14.8 Å². The van der Waals surface area contributed by atoms with Crippen LogP contribution < -0.4 is 10.1 Å². The third-order valence-electron chi connectivity index (χ3n) is 3.39. The number of aryl methyl sites for hydroxylation is 1. The minimum atomic E-state index is -0.876. The summed E-state index contributed by atoms with van der Waals surface area (Å²) in [6, 6.07) is 15.7. The molecular formula is C19H18N2O4. The maximum atomic E-state index is 11.9. The van der Waals surface area contributed by atoms with Gasteiger partial charge in [0.15, 0.2) is 12.7 Å². The van der Waals surface area contributed by atoms with E-state index in [0.717, 1.165) is 5.56 Å². The van der Waals surface area contributed by atoms with Crippen molar-refractivity contribution < 1.29 is 19.1 Å². The number of benzene rings is 2. The van der Waals surface area contributed by atoms with Crippen molar-refractivity contribution in [1.82, 2.24) is 0 Å². The van der Waals surface area contributed by atoms with Crippen LogP contribution in [0.15, 0.2) is 48.5 Å². The largest absolute Gasteiger partial charge is 0.479 e. The molecule has 2 aromatic rings. The van der Waals surface area contributed by atoms with Crippen LogP contribution in [0.3, 0.4) is 0 Å². The lowest BCUT2D eigenvalue weighted by Crippen LogP contribution is -2.29. The summed E-state index contributed by atoms with van der Waals surface area (Å²) in [7, 11) is 0. The van der Waals surface area contributed by atoms with E-state index in [1.165, 1.54) is 6.92 Å². The van der Waals surface area contributed by atoms with Crippen LogP contribution in [0.4, 0.5) is 5.69 Å². The molecule has 6 nitrogen and oxygen atoms in total. The van der Waals surface area contributed by atoms with Crippen molar-refractivity contribution in [2.75, 3.05) is 11.9 Å². The van der Waals surface area contributed by atoms with Crippen molar-refractivity contribution in [2.24, 2.45) is 0 Å². The second kappa shape index (κ2) is 8.50. The highest BCUT2D eigenvalue weighted by molar-refractivity contribution is 5.93. The fraction of sp³-hybridized carbons (Fsp3) is 0.211. The summed E-state index contributed by atoms with van der Waals surface area (Å²) in [5.74, 6) is -0.634. The lowest BCUT2D eigenvalue weighted by atomic mass is 10.2. The minimum Gasteiger partial charge on any atom is -0.479 e. The van der Waals surface area contributed by atoms with Crippen LogP contribution >= 0.6 is 0 Å². The van der Waals surface area contributed by atoms with Crippen LogP contribution in [0.1, 0.15) is 18.1 Å². The molecule has 0 bridgehead atoms. The van der Waals surface area contributed by atoms with E-state index in [0.29, 0.717) is 17.0 Å². The van der Waals surface area contributed by atoms with Gasteiger partial charge in [-0.2, -0.15) is 5.26 Å². The van der Waals surface area contributed by atoms with E-state index >= 15 is 0 Å². The van der Waals surface area contributed by atoms with Gasteiger partial charge >= 0.3 is 5.97 Å². The fourth-order valence-electron chi connectivity index (χ4n) is 2.01. The van der Waals surface area contributed by atoms with Crippen molar-refractivity contribution >= 4 is 17.6 Å². The normalized spacial score (nSPS) is 11.1. The van der Waals surface area contributed by atoms with Gasteiger partial charge in [-0.15, -0.1) is 0 Å². The number of esters is 1. The van der Waals surface area contributed by atoms with Crippen LogP contribution in [0.25, 0.3) is 0 Å². The molecule has 0 spiro atoms. The third kappa shape index (κ3) is 5.36. The van der Waals surface area contributed by atoms with Crippen LogP contribution in [-0.4, -0.2) is 24.6 Å². The highest BCUT2D eigenvalue weighted by Crippen LogP contribution is 2.14. The molecule has 0 aliphatic heterocycles. The van der Waals surface area contributed by atoms with Gasteiger partial charge in [0, 0.05) is 5.69 Å². The molecule has 0 aromatic heterocycles. The first kappa shape index (κ1) is 18.0. The average Bonchev–Trinajstić information content (AvgIpc) is 2.62. The number of para-hydroxylation sites is 1. The van der Waals surface area contributed by atoms with Gasteiger partial charge in [-0.05, 0) is 49.7 Å². The van der Waals surface area contributed by atoms with E-state index in [1.807, 2.05) is 31.2 Å². The predicted molar refractivity (Wildman–Crippen MR) is 92.0 cm³/mol. The molecular weight excluding hydrogens is 320 g/mol. The second-order valence-corrected chi connectivity index (χ2v) is 5.37. The Morgan fingerprint density at radius 1 is 1.16 bits per heavy atom. The number of amides is 1. The maximum absolute atomic E-state index is 11.9. The van der Waals surface area contributed by atoms with Gasteiger partial charge in [0.1, 0.15) is 5.75 Å². The number of anilines is 1. The van der Waals surface area contributed by atoms with Crippen molar-refractivity contribution in [1.29, 1.82) is 5.26 Å². The van der Waals surface area contributed by atoms with Crippen LogP contribution in [0.5, 0.6) is 5.75 Å². The van der Waals surface area contributed by atoms with E-state index in [1.54, 1.807) is 30.3 Å². The van der Waals surface area contributed by atoms with E-state index in [4.69, 9.17) is 14.7 Å². The lowest BCUT2D eigenvalue weighted by molar-refractivity contribution is -0.153. The highest BCUT2D eigenvalue weighted by atomic mass is 16.6. The highest BCUT2D eigenvalue weighted by Gasteiger charge is 2.18. The van der Waals surface area contributed by atoms with Crippen molar-refractivity contribution in [3.05, 3.63) is 59.7 Å². The number of nitriles is 1. The summed E-state index contributed by atoms with van der Waals surface area (Å²) in [6.07, 6.45) is -0.876. The molecule has 0 aliphatic rings. The zero-order chi connectivity index (χ0) is 18.2. The van der Waals surface area contributed by atoms with E-state index < -0.39 is 24.6 Å². The summed E-state index contributed by atoms with van der Waals surface area (Å²) in [5, 5.41) is 11.4. The van der Waals surface area contributed by atoms with E-state index in [2.05, 4.69) is 5.32 Å². The first-order valence-electron chi connectivity index (χ1n) is 7.68. The Morgan fingerprint density at radius 2 is 1.84 bits per heavy atom. The summed E-state index contributed by atoms with van der Waals surface area (Å²) < 4.78 is 10.4. The van der Waals surface area contributed by atoms with Crippen LogP contribution in [0.2, 0.25) is 0 Å². The van der Waals surface area contributed by atoms with Gasteiger partial charge in [-0.3, -0.25) is 4.79 Å².